The van der Waals surface area contributed by atoms with Crippen molar-refractivity contribution in [1.29, 1.82) is 0 Å². The second-order valence-electron chi connectivity index (χ2n) is 8.98. The van der Waals surface area contributed by atoms with E-state index in [-0.39, 0.29) is 17.3 Å². The number of carboxylic acid groups (broad SMARTS) is 1. The molecule has 36 heavy (non-hydrogen) atoms. The maximum absolute atomic E-state index is 13.8. The number of nitrogens with zero attached hydrogens (tertiary/aromatic N) is 1. The van der Waals surface area contributed by atoms with Gasteiger partial charge in [-0.05, 0) is 65.4 Å². The molecule has 0 amide bonds. The highest BCUT2D eigenvalue weighted by atomic mass is 19.4. The molecule has 0 radical (unpaired) electrons. The first-order chi connectivity index (χ1) is 16.7. The number of alkyl halides is 6. The van der Waals surface area contributed by atoms with Crippen molar-refractivity contribution in [3.05, 3.63) is 83.4 Å². The van der Waals surface area contributed by atoms with Gasteiger partial charge in [0.25, 0.3) is 0 Å². The van der Waals surface area contributed by atoms with E-state index in [9.17, 15) is 36.2 Å². The first-order valence-electron chi connectivity index (χ1n) is 11.1. The van der Waals surface area contributed by atoms with Crippen LogP contribution < -0.4 is 4.90 Å². The Bertz CT molecular complexity index is 1220. The summed E-state index contributed by atoms with van der Waals surface area (Å²) in [7, 11) is 1.34. The summed E-state index contributed by atoms with van der Waals surface area (Å²) in [6, 6.07) is 14.0. The second kappa shape index (κ2) is 10.2. The predicted octanol–water partition coefficient (Wildman–Crippen LogP) is 8.37. The largest absolute Gasteiger partial charge is 0.481 e. The molecule has 0 saturated carbocycles. The number of halogens is 6. The van der Waals surface area contributed by atoms with Gasteiger partial charge in [-0.15, -0.1) is 0 Å². The molecule has 0 fully saturated rings. The normalized spacial score (nSPS) is 13.1. The van der Waals surface area contributed by atoms with Crippen molar-refractivity contribution in [3.8, 4) is 11.1 Å². The van der Waals surface area contributed by atoms with E-state index in [0.29, 0.717) is 23.1 Å². The zero-order valence-corrected chi connectivity index (χ0v) is 19.8. The Hall–Kier alpha value is -3.49. The summed E-state index contributed by atoms with van der Waals surface area (Å²) in [6.07, 6.45) is -8.88. The van der Waals surface area contributed by atoms with Gasteiger partial charge in [-0.1, -0.05) is 44.2 Å². The lowest BCUT2D eigenvalue weighted by Crippen LogP contribution is -2.17. The third-order valence-corrected chi connectivity index (χ3v) is 5.87. The number of carboxylic acids is 1. The van der Waals surface area contributed by atoms with Gasteiger partial charge in [0.15, 0.2) is 0 Å². The Morgan fingerprint density at radius 3 is 2.00 bits per heavy atom. The summed E-state index contributed by atoms with van der Waals surface area (Å²) in [6.45, 7) is 3.80. The van der Waals surface area contributed by atoms with Gasteiger partial charge in [-0.2, -0.15) is 26.3 Å². The molecular formula is C27H25F6NO2. The molecule has 1 unspecified atom stereocenters. The number of rotatable bonds is 7. The van der Waals surface area contributed by atoms with Crippen molar-refractivity contribution in [2.45, 2.75) is 38.5 Å². The van der Waals surface area contributed by atoms with Crippen molar-refractivity contribution in [2.24, 2.45) is 5.92 Å². The van der Waals surface area contributed by atoms with Crippen LogP contribution in [0.4, 0.5) is 37.7 Å². The molecule has 0 aromatic heterocycles. The first-order valence-corrected chi connectivity index (χ1v) is 11.1. The Kier molecular flexibility index (Phi) is 7.71. The van der Waals surface area contributed by atoms with E-state index in [1.165, 1.54) is 24.1 Å². The monoisotopic (exact) mass is 509 g/mol. The van der Waals surface area contributed by atoms with Crippen LogP contribution in [0.15, 0.2) is 66.7 Å². The maximum atomic E-state index is 13.8. The average Bonchev–Trinajstić information content (AvgIpc) is 2.80. The Balaban J connectivity index is 2.07. The van der Waals surface area contributed by atoms with Gasteiger partial charge in [0.2, 0.25) is 0 Å². The van der Waals surface area contributed by atoms with Crippen LogP contribution in [0.3, 0.4) is 0 Å². The summed E-state index contributed by atoms with van der Waals surface area (Å²) in [5.74, 6) is -1.64. The quantitative estimate of drug-likeness (QED) is 0.325. The number of hydrogen-bond acceptors (Lipinski definition) is 2. The molecule has 1 atom stereocenters. The first kappa shape index (κ1) is 27.1. The molecule has 0 spiro atoms. The van der Waals surface area contributed by atoms with Gasteiger partial charge in [-0.3, -0.25) is 4.79 Å². The van der Waals surface area contributed by atoms with E-state index in [1.54, 1.807) is 24.3 Å². The molecule has 9 heteroatoms. The lowest BCUT2D eigenvalue weighted by Gasteiger charge is -2.25. The highest BCUT2D eigenvalue weighted by Gasteiger charge is 2.35. The molecule has 192 valence electrons. The molecular weight excluding hydrogens is 484 g/mol. The zero-order chi connectivity index (χ0) is 26.8. The number of hydrogen-bond donors (Lipinski definition) is 1. The molecule has 1 N–H and O–H groups in total. The molecule has 3 nitrogen and oxygen atoms in total. The molecule has 3 aromatic carbocycles. The van der Waals surface area contributed by atoms with Gasteiger partial charge < -0.3 is 10.0 Å². The summed E-state index contributed by atoms with van der Waals surface area (Å²) in [5, 5.41) is 9.67. The van der Waals surface area contributed by atoms with Crippen molar-refractivity contribution in [2.75, 3.05) is 11.9 Å². The fraction of sp³-hybridized carbons (Fsp3) is 0.296. The van der Waals surface area contributed by atoms with E-state index >= 15 is 0 Å². The van der Waals surface area contributed by atoms with Crippen LogP contribution in [0.1, 0.15) is 42.9 Å². The van der Waals surface area contributed by atoms with E-state index < -0.39 is 35.4 Å². The topological polar surface area (TPSA) is 40.5 Å². The minimum absolute atomic E-state index is 0.116. The second-order valence-corrected chi connectivity index (χ2v) is 8.98. The number of benzene rings is 3. The van der Waals surface area contributed by atoms with Gasteiger partial charge in [0, 0.05) is 12.7 Å². The third kappa shape index (κ3) is 6.19. The molecule has 0 aliphatic carbocycles. The van der Waals surface area contributed by atoms with Crippen molar-refractivity contribution < 1.29 is 36.2 Å². The van der Waals surface area contributed by atoms with Crippen LogP contribution >= 0.6 is 0 Å². The van der Waals surface area contributed by atoms with E-state index in [2.05, 4.69) is 0 Å². The molecule has 3 aromatic rings. The minimum Gasteiger partial charge on any atom is -0.481 e. The lowest BCUT2D eigenvalue weighted by atomic mass is 9.88. The summed E-state index contributed by atoms with van der Waals surface area (Å²) < 4.78 is 80.2. The molecule has 0 aliphatic rings. The number of anilines is 2. The van der Waals surface area contributed by atoms with Crippen molar-refractivity contribution in [3.63, 3.8) is 0 Å². The Labute approximate surface area is 205 Å². The number of carbonyl (C=O) groups is 1. The predicted molar refractivity (Wildman–Crippen MR) is 126 cm³/mol. The maximum Gasteiger partial charge on any atom is 0.418 e. The summed E-state index contributed by atoms with van der Waals surface area (Å²) in [5.41, 5.74) is -0.495. The van der Waals surface area contributed by atoms with Gasteiger partial charge >= 0.3 is 18.3 Å². The fourth-order valence-corrected chi connectivity index (χ4v) is 4.03. The van der Waals surface area contributed by atoms with Crippen LogP contribution in [0.2, 0.25) is 0 Å². The third-order valence-electron chi connectivity index (χ3n) is 5.87. The summed E-state index contributed by atoms with van der Waals surface area (Å²) in [4.78, 5) is 13.0. The smallest absolute Gasteiger partial charge is 0.418 e. The highest BCUT2D eigenvalue weighted by Crippen LogP contribution is 2.41. The molecule has 0 heterocycles. The highest BCUT2D eigenvalue weighted by molar-refractivity contribution is 5.79. The van der Waals surface area contributed by atoms with E-state index in [1.807, 2.05) is 13.8 Å². The van der Waals surface area contributed by atoms with E-state index in [0.717, 1.165) is 30.3 Å². The number of aliphatic carboxylic acids is 1. The minimum atomic E-state index is -4.71. The average molecular weight is 509 g/mol. The van der Waals surface area contributed by atoms with E-state index in [4.69, 9.17) is 0 Å². The van der Waals surface area contributed by atoms with Crippen LogP contribution in [-0.4, -0.2) is 18.1 Å². The molecule has 0 bridgehead atoms. The van der Waals surface area contributed by atoms with Gasteiger partial charge in [-0.25, -0.2) is 0 Å². The summed E-state index contributed by atoms with van der Waals surface area (Å²) >= 11 is 0. The van der Waals surface area contributed by atoms with Crippen LogP contribution in [-0.2, 0) is 17.1 Å². The van der Waals surface area contributed by atoms with Crippen LogP contribution in [0.25, 0.3) is 11.1 Å². The van der Waals surface area contributed by atoms with Crippen molar-refractivity contribution >= 4 is 17.3 Å². The fourth-order valence-electron chi connectivity index (χ4n) is 4.03. The zero-order valence-electron chi connectivity index (χ0n) is 19.8. The molecule has 3 rings (SSSR count). The Morgan fingerprint density at radius 2 is 1.47 bits per heavy atom. The Morgan fingerprint density at radius 1 is 0.861 bits per heavy atom. The van der Waals surface area contributed by atoms with Crippen LogP contribution in [0.5, 0.6) is 0 Å². The van der Waals surface area contributed by atoms with Crippen molar-refractivity contribution in [1.82, 2.24) is 0 Å². The van der Waals surface area contributed by atoms with Gasteiger partial charge in [0.05, 0.1) is 22.7 Å². The SMILES string of the molecule is CC(C)CC(C(=O)O)c1cccc(-c2ccc(C(F)(F)F)c(N(C)c3ccc(C(F)(F)F)cc3)c2)c1. The molecule has 0 saturated heterocycles. The van der Waals surface area contributed by atoms with Crippen LogP contribution in [0, 0.1) is 5.92 Å². The lowest BCUT2D eigenvalue weighted by molar-refractivity contribution is -0.139. The molecule has 0 aliphatic heterocycles. The standard InChI is InChI=1S/C27H25F6NO2/c1-16(2)13-22(25(35)36)19-6-4-5-17(14-19)18-7-12-23(27(31,32)33)24(15-18)34(3)21-10-8-20(9-11-21)26(28,29)30/h4-12,14-16,22H,13H2,1-3H3,(H,35,36). The van der Waals surface area contributed by atoms with Gasteiger partial charge in [0.1, 0.15) is 0 Å².